The molecule has 0 atom stereocenters. The Morgan fingerprint density at radius 2 is 1.63 bits per heavy atom. The van der Waals surface area contributed by atoms with Crippen LogP contribution in [0.5, 0.6) is 11.5 Å². The number of amides is 3. The minimum absolute atomic E-state index is 0.0907. The van der Waals surface area contributed by atoms with E-state index in [1.165, 1.54) is 6.08 Å². The lowest BCUT2D eigenvalue weighted by Crippen LogP contribution is -2.30. The molecule has 1 N–H and O–H groups in total. The molecule has 1 saturated heterocycles. The van der Waals surface area contributed by atoms with Crippen molar-refractivity contribution in [3.63, 3.8) is 0 Å². The van der Waals surface area contributed by atoms with Gasteiger partial charge in [0.1, 0.15) is 12.3 Å². The van der Waals surface area contributed by atoms with Gasteiger partial charge in [-0.15, -0.1) is 0 Å². The van der Waals surface area contributed by atoms with E-state index in [1.54, 1.807) is 54.6 Å². The van der Waals surface area contributed by atoms with Gasteiger partial charge in [0.05, 0.1) is 27.4 Å². The zero-order chi connectivity index (χ0) is 25.1. The van der Waals surface area contributed by atoms with Crippen LogP contribution in [-0.4, -0.2) is 18.5 Å². The first-order valence-electron chi connectivity index (χ1n) is 10.4. The summed E-state index contributed by atoms with van der Waals surface area (Å²) in [5.74, 6) is 0.218. The Labute approximate surface area is 221 Å². The van der Waals surface area contributed by atoms with Crippen LogP contribution >= 0.6 is 46.4 Å². The molecule has 1 aliphatic heterocycles. The third-order valence-corrected chi connectivity index (χ3v) is 6.24. The van der Waals surface area contributed by atoms with Crippen LogP contribution < -0.4 is 19.7 Å². The maximum Gasteiger partial charge on any atom is 0.333 e. The Morgan fingerprint density at radius 1 is 0.886 bits per heavy atom. The topological polar surface area (TPSA) is 67.9 Å². The van der Waals surface area contributed by atoms with E-state index in [2.05, 4.69) is 5.32 Å². The summed E-state index contributed by atoms with van der Waals surface area (Å²) in [5.41, 5.74) is 1.83. The van der Waals surface area contributed by atoms with E-state index in [0.717, 1.165) is 10.5 Å². The van der Waals surface area contributed by atoms with E-state index in [1.807, 2.05) is 6.92 Å². The highest BCUT2D eigenvalue weighted by molar-refractivity contribution is 6.42. The quantitative estimate of drug-likeness (QED) is 0.246. The standard InChI is InChI=1S/C25H18Cl4N2O4/c1-2-34-22-12-15(10-20(29)23(22)35-13-14-3-8-18(27)19(28)9-14)11-21-24(32)31(25(33)30-21)17-6-4-16(26)5-7-17/h3-12H,2,13H2,1H3,(H,30,33)/b21-11+. The number of carbonyl (C=O) groups excluding carboxylic acids is 2. The normalized spacial score (nSPS) is 14.4. The van der Waals surface area contributed by atoms with Crippen LogP contribution in [0.15, 0.2) is 60.3 Å². The fraction of sp³-hybridized carbons (Fsp3) is 0.120. The summed E-state index contributed by atoms with van der Waals surface area (Å²) in [6.45, 7) is 2.37. The van der Waals surface area contributed by atoms with Gasteiger partial charge < -0.3 is 14.8 Å². The highest BCUT2D eigenvalue weighted by atomic mass is 35.5. The molecule has 0 saturated carbocycles. The minimum Gasteiger partial charge on any atom is -0.490 e. The fourth-order valence-corrected chi connectivity index (χ4v) is 4.11. The first-order chi connectivity index (χ1) is 16.8. The largest absolute Gasteiger partial charge is 0.490 e. The van der Waals surface area contributed by atoms with E-state index in [-0.39, 0.29) is 17.3 Å². The van der Waals surface area contributed by atoms with Gasteiger partial charge in [0.15, 0.2) is 11.5 Å². The number of urea groups is 1. The molecule has 6 nitrogen and oxygen atoms in total. The lowest BCUT2D eigenvalue weighted by atomic mass is 10.1. The second kappa shape index (κ2) is 10.8. The van der Waals surface area contributed by atoms with Crippen molar-refractivity contribution >= 4 is 70.1 Å². The number of carbonyl (C=O) groups is 2. The molecule has 1 heterocycles. The highest BCUT2D eigenvalue weighted by Gasteiger charge is 2.35. The smallest absolute Gasteiger partial charge is 0.333 e. The van der Waals surface area contributed by atoms with Crippen molar-refractivity contribution in [3.05, 3.63) is 91.5 Å². The van der Waals surface area contributed by atoms with Crippen molar-refractivity contribution in [3.8, 4) is 11.5 Å². The van der Waals surface area contributed by atoms with Gasteiger partial charge in [-0.05, 0) is 72.7 Å². The molecule has 1 fully saturated rings. The zero-order valence-corrected chi connectivity index (χ0v) is 21.3. The zero-order valence-electron chi connectivity index (χ0n) is 18.3. The summed E-state index contributed by atoms with van der Waals surface area (Å²) in [7, 11) is 0. The van der Waals surface area contributed by atoms with Gasteiger partial charge in [0.2, 0.25) is 0 Å². The second-order valence-corrected chi connectivity index (χ2v) is 9.06. The molecular weight excluding hydrogens is 534 g/mol. The maximum atomic E-state index is 12.9. The van der Waals surface area contributed by atoms with Gasteiger partial charge in [-0.1, -0.05) is 52.5 Å². The number of nitrogens with zero attached hydrogens (tertiary/aromatic N) is 1. The molecule has 1 aliphatic rings. The average molecular weight is 552 g/mol. The third kappa shape index (κ3) is 5.68. The van der Waals surface area contributed by atoms with Crippen molar-refractivity contribution in [1.29, 1.82) is 0 Å². The summed E-state index contributed by atoms with van der Waals surface area (Å²) < 4.78 is 11.6. The molecule has 0 aliphatic carbocycles. The van der Waals surface area contributed by atoms with Gasteiger partial charge in [0, 0.05) is 5.02 Å². The number of hydrogen-bond acceptors (Lipinski definition) is 4. The Hall–Kier alpha value is -2.90. The number of ether oxygens (including phenoxy) is 2. The summed E-state index contributed by atoms with van der Waals surface area (Å²) in [5, 5.41) is 4.22. The number of anilines is 1. The summed E-state index contributed by atoms with van der Waals surface area (Å²) in [4.78, 5) is 26.4. The van der Waals surface area contributed by atoms with Gasteiger partial charge in [0.25, 0.3) is 5.91 Å². The average Bonchev–Trinajstić information content (AvgIpc) is 3.09. The van der Waals surface area contributed by atoms with Gasteiger partial charge in [-0.3, -0.25) is 4.79 Å². The summed E-state index contributed by atoms with van der Waals surface area (Å²) in [6, 6.07) is 14.3. The molecule has 3 aromatic carbocycles. The Balaban J connectivity index is 1.59. The Kier molecular flexibility index (Phi) is 7.77. The Morgan fingerprint density at radius 3 is 2.31 bits per heavy atom. The molecule has 0 bridgehead atoms. The van der Waals surface area contributed by atoms with E-state index in [0.29, 0.717) is 44.4 Å². The minimum atomic E-state index is -0.568. The SMILES string of the molecule is CCOc1cc(/C=C2/NC(=O)N(c3ccc(Cl)cc3)C2=O)cc(Cl)c1OCc1ccc(Cl)c(Cl)c1. The monoisotopic (exact) mass is 550 g/mol. The van der Waals surface area contributed by atoms with Crippen LogP contribution in [0.1, 0.15) is 18.1 Å². The molecule has 180 valence electrons. The van der Waals surface area contributed by atoms with E-state index >= 15 is 0 Å². The second-order valence-electron chi connectivity index (χ2n) is 7.41. The van der Waals surface area contributed by atoms with Crippen molar-refractivity contribution in [2.45, 2.75) is 13.5 Å². The van der Waals surface area contributed by atoms with E-state index in [4.69, 9.17) is 55.9 Å². The van der Waals surface area contributed by atoms with Gasteiger partial charge in [-0.25, -0.2) is 9.69 Å². The van der Waals surface area contributed by atoms with Crippen LogP contribution in [0, 0.1) is 0 Å². The maximum absolute atomic E-state index is 12.9. The van der Waals surface area contributed by atoms with Gasteiger partial charge in [-0.2, -0.15) is 0 Å². The summed E-state index contributed by atoms with van der Waals surface area (Å²) in [6.07, 6.45) is 1.52. The number of imide groups is 1. The van der Waals surface area contributed by atoms with Crippen molar-refractivity contribution < 1.29 is 19.1 Å². The van der Waals surface area contributed by atoms with E-state index in [9.17, 15) is 9.59 Å². The van der Waals surface area contributed by atoms with Crippen LogP contribution in [0.3, 0.4) is 0 Å². The molecule has 3 aromatic rings. The van der Waals surface area contributed by atoms with Crippen molar-refractivity contribution in [1.82, 2.24) is 5.32 Å². The first kappa shape index (κ1) is 25.2. The van der Waals surface area contributed by atoms with Crippen LogP contribution in [0.4, 0.5) is 10.5 Å². The predicted octanol–water partition coefficient (Wildman–Crippen LogP) is 7.38. The number of hydrogen-bond donors (Lipinski definition) is 1. The van der Waals surface area contributed by atoms with Gasteiger partial charge >= 0.3 is 6.03 Å². The van der Waals surface area contributed by atoms with Crippen LogP contribution in [-0.2, 0) is 11.4 Å². The molecule has 0 radical (unpaired) electrons. The third-order valence-electron chi connectivity index (χ3n) is 4.97. The van der Waals surface area contributed by atoms with Crippen LogP contribution in [0.25, 0.3) is 6.08 Å². The van der Waals surface area contributed by atoms with E-state index < -0.39 is 11.9 Å². The number of benzene rings is 3. The van der Waals surface area contributed by atoms with Crippen LogP contribution in [0.2, 0.25) is 20.1 Å². The predicted molar refractivity (Wildman–Crippen MR) is 139 cm³/mol. The fourth-order valence-electron chi connectivity index (χ4n) is 3.39. The molecule has 10 heteroatoms. The molecule has 4 rings (SSSR count). The molecule has 0 unspecified atom stereocenters. The lowest BCUT2D eigenvalue weighted by Gasteiger charge is -2.15. The molecule has 0 aromatic heterocycles. The molecule has 35 heavy (non-hydrogen) atoms. The van der Waals surface area contributed by atoms with Crippen molar-refractivity contribution in [2.24, 2.45) is 0 Å². The molecular formula is C25H18Cl4N2O4. The number of nitrogens with one attached hydrogen (secondary N) is 1. The lowest BCUT2D eigenvalue weighted by molar-refractivity contribution is -0.113. The van der Waals surface area contributed by atoms with Crippen molar-refractivity contribution in [2.75, 3.05) is 11.5 Å². The molecule has 3 amide bonds. The Bertz CT molecular complexity index is 1330. The highest BCUT2D eigenvalue weighted by Crippen LogP contribution is 2.38. The number of halogens is 4. The molecule has 0 spiro atoms. The summed E-state index contributed by atoms with van der Waals surface area (Å²) >= 11 is 24.5. The first-order valence-corrected chi connectivity index (χ1v) is 11.9. The number of rotatable bonds is 7.